The normalized spacial score (nSPS) is 16.8. The first-order valence-electron chi connectivity index (χ1n) is 11.4. The predicted octanol–water partition coefficient (Wildman–Crippen LogP) is 1.69. The summed E-state index contributed by atoms with van der Waals surface area (Å²) in [6, 6.07) is -0.0984. The first kappa shape index (κ1) is 25.3. The van der Waals surface area contributed by atoms with E-state index in [1.807, 2.05) is 4.90 Å². The summed E-state index contributed by atoms with van der Waals surface area (Å²) in [7, 11) is 0. The minimum Gasteiger partial charge on any atom is -0.465 e. The summed E-state index contributed by atoms with van der Waals surface area (Å²) in [6.07, 6.45) is 1.81. The second kappa shape index (κ2) is 11.3. The number of nitrogens with zero attached hydrogens (tertiary/aromatic N) is 4. The van der Waals surface area contributed by atoms with Crippen molar-refractivity contribution in [3.05, 3.63) is 41.7 Å². The van der Waals surface area contributed by atoms with Crippen LogP contribution >= 0.6 is 11.3 Å². The molecule has 2 aromatic heterocycles. The first-order valence-corrected chi connectivity index (χ1v) is 12.3. The highest BCUT2D eigenvalue weighted by Gasteiger charge is 2.25. The zero-order chi connectivity index (χ0) is 25.7. The molecule has 0 spiro atoms. The highest BCUT2D eigenvalue weighted by molar-refractivity contribution is 7.13. The fourth-order valence-corrected chi connectivity index (χ4v) is 4.75. The lowest BCUT2D eigenvalue weighted by atomic mass is 10.0. The van der Waals surface area contributed by atoms with Crippen LogP contribution in [0.25, 0.3) is 5.70 Å². The molecule has 2 aromatic rings. The number of carbonyl (C=O) groups excluding carboxylic acids is 2. The van der Waals surface area contributed by atoms with Crippen molar-refractivity contribution in [1.82, 2.24) is 31.1 Å². The summed E-state index contributed by atoms with van der Waals surface area (Å²) in [5, 5.41) is 26.5. The number of rotatable bonds is 8. The maximum atomic E-state index is 12.6. The van der Waals surface area contributed by atoms with E-state index < -0.39 is 17.9 Å². The van der Waals surface area contributed by atoms with Gasteiger partial charge >= 0.3 is 6.09 Å². The molecule has 36 heavy (non-hydrogen) atoms. The van der Waals surface area contributed by atoms with Gasteiger partial charge in [0.2, 0.25) is 5.89 Å². The molecule has 14 heteroatoms. The van der Waals surface area contributed by atoms with Gasteiger partial charge in [-0.3, -0.25) is 9.59 Å². The van der Waals surface area contributed by atoms with Crippen LogP contribution in [0.15, 0.2) is 28.7 Å². The van der Waals surface area contributed by atoms with Crippen molar-refractivity contribution in [3.8, 4) is 0 Å². The van der Waals surface area contributed by atoms with Gasteiger partial charge in [0.1, 0.15) is 5.69 Å². The third kappa shape index (κ3) is 6.26. The molecule has 0 unspecified atom stereocenters. The molecule has 0 aliphatic carbocycles. The highest BCUT2D eigenvalue weighted by Crippen LogP contribution is 2.27. The van der Waals surface area contributed by atoms with E-state index in [-0.39, 0.29) is 34.9 Å². The number of piperidine rings is 1. The van der Waals surface area contributed by atoms with Crippen LogP contribution < -0.4 is 20.9 Å². The number of carbonyl (C=O) groups is 3. The van der Waals surface area contributed by atoms with Gasteiger partial charge in [0.05, 0.1) is 11.4 Å². The Kier molecular flexibility index (Phi) is 7.95. The Hall–Kier alpha value is -3.78. The second-order valence-corrected chi connectivity index (χ2v) is 9.26. The van der Waals surface area contributed by atoms with Crippen LogP contribution in [0.5, 0.6) is 0 Å². The third-order valence-electron chi connectivity index (χ3n) is 5.89. The lowest BCUT2D eigenvalue weighted by Crippen LogP contribution is -2.44. The molecule has 4 heterocycles. The predicted molar refractivity (Wildman–Crippen MR) is 129 cm³/mol. The van der Waals surface area contributed by atoms with Gasteiger partial charge in [0.25, 0.3) is 17.7 Å². The van der Waals surface area contributed by atoms with Crippen LogP contribution in [0.2, 0.25) is 0 Å². The minimum absolute atomic E-state index is 0.0791. The van der Waals surface area contributed by atoms with E-state index in [0.29, 0.717) is 50.2 Å². The van der Waals surface area contributed by atoms with E-state index in [4.69, 9.17) is 14.3 Å². The Labute approximate surface area is 210 Å². The fourth-order valence-electron chi connectivity index (χ4n) is 3.89. The quantitative estimate of drug-likeness (QED) is 0.378. The maximum absolute atomic E-state index is 12.6. The number of amides is 3. The lowest BCUT2D eigenvalue weighted by molar-refractivity contribution is -0.116. The lowest BCUT2D eigenvalue weighted by Gasteiger charge is -2.31. The summed E-state index contributed by atoms with van der Waals surface area (Å²) in [5.41, 5.74) is 0.0462. The molecule has 4 N–H and O–H groups in total. The Morgan fingerprint density at radius 3 is 2.50 bits per heavy atom. The van der Waals surface area contributed by atoms with Crippen molar-refractivity contribution in [1.29, 1.82) is 0 Å². The van der Waals surface area contributed by atoms with Gasteiger partial charge < -0.3 is 35.1 Å². The van der Waals surface area contributed by atoms with E-state index in [9.17, 15) is 14.4 Å². The summed E-state index contributed by atoms with van der Waals surface area (Å²) >= 11 is 1.29. The molecular formula is C22H27N7O6S. The molecule has 0 radical (unpaired) electrons. The molecule has 0 aromatic carbocycles. The number of carboxylic acid groups (broad SMARTS) is 1. The van der Waals surface area contributed by atoms with E-state index in [0.717, 1.165) is 12.8 Å². The zero-order valence-electron chi connectivity index (χ0n) is 19.5. The molecular weight excluding hydrogens is 490 g/mol. The standard InChI is InChI=1S/C22H27N7O6S/c1-12(17(30)24-13(2)19-27-28-20(35-19)14-5-9-34-10-6-14)23-18(31)16-11-36-21(26-16)29-7-3-15(4-8-29)25-22(32)33/h11,14-15,25H,1-10H2,(H,23,31)(H,24,30)(H,32,33). The van der Waals surface area contributed by atoms with Crippen LogP contribution in [-0.4, -0.2) is 70.5 Å². The van der Waals surface area contributed by atoms with Crippen LogP contribution in [0, 0.1) is 0 Å². The van der Waals surface area contributed by atoms with Gasteiger partial charge in [-0.05, 0) is 25.7 Å². The van der Waals surface area contributed by atoms with E-state index in [2.05, 4.69) is 44.3 Å². The molecule has 192 valence electrons. The Balaban J connectivity index is 1.26. The van der Waals surface area contributed by atoms with E-state index >= 15 is 0 Å². The van der Waals surface area contributed by atoms with Crippen molar-refractivity contribution in [2.45, 2.75) is 37.6 Å². The largest absolute Gasteiger partial charge is 0.465 e. The third-order valence-corrected chi connectivity index (χ3v) is 6.79. The number of ether oxygens (including phenoxy) is 1. The van der Waals surface area contributed by atoms with Gasteiger partial charge in [0.15, 0.2) is 5.13 Å². The molecule has 2 aliphatic heterocycles. The Morgan fingerprint density at radius 2 is 1.81 bits per heavy atom. The van der Waals surface area contributed by atoms with Gasteiger partial charge in [-0.1, -0.05) is 13.2 Å². The van der Waals surface area contributed by atoms with Gasteiger partial charge in [0, 0.05) is 43.6 Å². The molecule has 2 aliphatic rings. The summed E-state index contributed by atoms with van der Waals surface area (Å²) in [6.45, 7) is 9.86. The van der Waals surface area contributed by atoms with Crippen LogP contribution in [0.3, 0.4) is 0 Å². The van der Waals surface area contributed by atoms with Crippen LogP contribution in [0.4, 0.5) is 9.93 Å². The fraction of sp³-hybridized carbons (Fsp3) is 0.455. The highest BCUT2D eigenvalue weighted by atomic mass is 32.1. The van der Waals surface area contributed by atoms with Gasteiger partial charge in [-0.25, -0.2) is 9.78 Å². The molecule has 3 amide bonds. The molecule has 13 nitrogen and oxygen atoms in total. The Bertz CT molecular complexity index is 1150. The summed E-state index contributed by atoms with van der Waals surface area (Å²) < 4.78 is 11.0. The molecule has 0 bridgehead atoms. The first-order chi connectivity index (χ1) is 17.3. The SMILES string of the molecule is C=C(NC(=O)c1csc(N2CCC(NC(=O)O)CC2)n1)C(=O)NC(=C)c1nnc(C2CCOCC2)o1. The average Bonchev–Trinajstić information content (AvgIpc) is 3.55. The van der Waals surface area contributed by atoms with E-state index in [1.54, 1.807) is 5.38 Å². The summed E-state index contributed by atoms with van der Waals surface area (Å²) in [4.78, 5) is 42.2. The minimum atomic E-state index is -1.04. The molecule has 4 rings (SSSR count). The maximum Gasteiger partial charge on any atom is 0.404 e. The number of nitrogens with one attached hydrogen (secondary N) is 3. The summed E-state index contributed by atoms with van der Waals surface area (Å²) in [5.74, 6) is -0.602. The monoisotopic (exact) mass is 517 g/mol. The van der Waals surface area contributed by atoms with Crippen molar-refractivity contribution in [2.75, 3.05) is 31.2 Å². The van der Waals surface area contributed by atoms with Gasteiger partial charge in [-0.15, -0.1) is 21.5 Å². The number of hydrogen-bond acceptors (Lipinski definition) is 10. The van der Waals surface area contributed by atoms with Crippen molar-refractivity contribution < 1.29 is 28.6 Å². The molecule has 0 atom stereocenters. The molecule has 2 saturated heterocycles. The number of thiazole rings is 1. The van der Waals surface area contributed by atoms with Crippen LogP contribution in [-0.2, 0) is 9.53 Å². The van der Waals surface area contributed by atoms with Crippen molar-refractivity contribution in [2.24, 2.45) is 0 Å². The van der Waals surface area contributed by atoms with Crippen molar-refractivity contribution >= 4 is 40.1 Å². The average molecular weight is 518 g/mol. The smallest absolute Gasteiger partial charge is 0.404 e. The number of anilines is 1. The molecule has 2 fully saturated rings. The second-order valence-electron chi connectivity index (χ2n) is 8.42. The molecule has 0 saturated carbocycles. The number of hydrogen-bond donors (Lipinski definition) is 4. The van der Waals surface area contributed by atoms with Crippen molar-refractivity contribution in [3.63, 3.8) is 0 Å². The van der Waals surface area contributed by atoms with Gasteiger partial charge in [-0.2, -0.15) is 0 Å². The van der Waals surface area contributed by atoms with E-state index in [1.165, 1.54) is 11.3 Å². The topological polar surface area (TPSA) is 172 Å². The van der Waals surface area contributed by atoms with Crippen LogP contribution in [0.1, 0.15) is 53.9 Å². The number of aromatic nitrogens is 3. The zero-order valence-corrected chi connectivity index (χ0v) is 20.3. The Morgan fingerprint density at radius 1 is 1.08 bits per heavy atom.